The molecule has 0 amide bonds. The third-order valence-corrected chi connectivity index (χ3v) is 6.56. The van der Waals surface area contributed by atoms with Crippen LogP contribution in [0, 0.1) is 19.7 Å². The standard InChI is InChI=1S/C30H31FN2O3/c1-21-30(22(2)36-32-21)25-10-11-29-27(18-25)17-23-6-5-7-24(16-23)19-33(12-13-34-14-15-35-29)20-26-8-3-4-9-28(26)31/h3-11,16,18H,12-15,17,19-20H2,1-2H3. The molecular weight excluding hydrogens is 455 g/mol. The van der Waals surface area contributed by atoms with Gasteiger partial charge in [-0.3, -0.25) is 4.90 Å². The van der Waals surface area contributed by atoms with Crippen LogP contribution in [0.3, 0.4) is 0 Å². The highest BCUT2D eigenvalue weighted by Crippen LogP contribution is 2.32. The lowest BCUT2D eigenvalue weighted by atomic mass is 9.96. The van der Waals surface area contributed by atoms with Gasteiger partial charge in [0.05, 0.1) is 18.9 Å². The van der Waals surface area contributed by atoms with E-state index in [9.17, 15) is 4.39 Å². The lowest BCUT2D eigenvalue weighted by molar-refractivity contribution is 0.0755. The largest absolute Gasteiger partial charge is 0.491 e. The molecule has 0 N–H and O–H groups in total. The molecule has 36 heavy (non-hydrogen) atoms. The SMILES string of the molecule is Cc1noc(C)c1-c1ccc2c(c1)Cc1cccc(c1)CN(Cc1ccccc1F)CCOCCO2. The van der Waals surface area contributed by atoms with Crippen LogP contribution in [0.4, 0.5) is 4.39 Å². The Bertz CT molecular complexity index is 1310. The molecular formula is C30H31FN2O3. The molecule has 1 aliphatic rings. The number of rotatable bonds is 3. The first-order chi connectivity index (χ1) is 17.6. The van der Waals surface area contributed by atoms with Crippen molar-refractivity contribution in [2.24, 2.45) is 0 Å². The molecule has 2 heterocycles. The van der Waals surface area contributed by atoms with E-state index in [1.54, 1.807) is 6.07 Å². The van der Waals surface area contributed by atoms with Gasteiger partial charge < -0.3 is 14.0 Å². The molecule has 4 aromatic rings. The van der Waals surface area contributed by atoms with Crippen LogP contribution in [0.2, 0.25) is 0 Å². The van der Waals surface area contributed by atoms with Gasteiger partial charge in [0.1, 0.15) is 23.9 Å². The van der Waals surface area contributed by atoms with E-state index in [2.05, 4.69) is 46.5 Å². The summed E-state index contributed by atoms with van der Waals surface area (Å²) in [5, 5.41) is 4.12. The minimum absolute atomic E-state index is 0.175. The van der Waals surface area contributed by atoms with Crippen LogP contribution in [0.25, 0.3) is 11.1 Å². The Hall–Kier alpha value is -3.48. The predicted octanol–water partition coefficient (Wildman–Crippen LogP) is 6.10. The van der Waals surface area contributed by atoms with Gasteiger partial charge in [-0.1, -0.05) is 53.7 Å². The second-order valence-electron chi connectivity index (χ2n) is 9.28. The van der Waals surface area contributed by atoms with Gasteiger partial charge in [-0.15, -0.1) is 0 Å². The molecule has 1 aliphatic heterocycles. The molecule has 0 spiro atoms. The molecule has 0 saturated heterocycles. The van der Waals surface area contributed by atoms with Crippen LogP contribution in [-0.2, 0) is 24.2 Å². The molecule has 0 atom stereocenters. The molecule has 5 nitrogen and oxygen atoms in total. The normalized spacial score (nSPS) is 15.1. The first-order valence-electron chi connectivity index (χ1n) is 12.4. The molecule has 1 aromatic heterocycles. The molecule has 186 valence electrons. The van der Waals surface area contributed by atoms with Crippen molar-refractivity contribution < 1.29 is 18.4 Å². The number of halogens is 1. The zero-order chi connectivity index (χ0) is 24.9. The molecule has 0 aliphatic carbocycles. The molecule has 0 radical (unpaired) electrons. The van der Waals surface area contributed by atoms with Gasteiger partial charge >= 0.3 is 0 Å². The van der Waals surface area contributed by atoms with Gasteiger partial charge in [-0.25, -0.2) is 4.39 Å². The molecule has 3 aromatic carbocycles. The first kappa shape index (κ1) is 24.2. The highest BCUT2D eigenvalue weighted by molar-refractivity contribution is 5.69. The van der Waals surface area contributed by atoms with E-state index < -0.39 is 0 Å². The topological polar surface area (TPSA) is 47.7 Å². The maximum Gasteiger partial charge on any atom is 0.141 e. The van der Waals surface area contributed by atoms with E-state index in [1.807, 2.05) is 32.0 Å². The van der Waals surface area contributed by atoms with E-state index in [0.717, 1.165) is 40.3 Å². The number of aryl methyl sites for hydroxylation is 2. The van der Waals surface area contributed by atoms with Crippen LogP contribution in [-0.4, -0.2) is 36.4 Å². The van der Waals surface area contributed by atoms with E-state index in [0.29, 0.717) is 45.0 Å². The molecule has 2 bridgehead atoms. The number of benzene rings is 3. The summed E-state index contributed by atoms with van der Waals surface area (Å²) in [4.78, 5) is 2.23. The molecule has 0 fully saturated rings. The Morgan fingerprint density at radius 2 is 1.78 bits per heavy atom. The lowest BCUT2D eigenvalue weighted by Crippen LogP contribution is -2.28. The van der Waals surface area contributed by atoms with E-state index in [-0.39, 0.29) is 5.82 Å². The summed E-state index contributed by atoms with van der Waals surface area (Å²) in [5.41, 5.74) is 7.15. The van der Waals surface area contributed by atoms with Crippen molar-refractivity contribution in [2.45, 2.75) is 33.4 Å². The van der Waals surface area contributed by atoms with E-state index in [1.165, 1.54) is 17.2 Å². The molecule has 6 heteroatoms. The van der Waals surface area contributed by atoms with Gasteiger partial charge in [0.25, 0.3) is 0 Å². The predicted molar refractivity (Wildman–Crippen MR) is 137 cm³/mol. The monoisotopic (exact) mass is 486 g/mol. The molecule has 0 unspecified atom stereocenters. The number of nitrogens with zero attached hydrogens (tertiary/aromatic N) is 2. The average molecular weight is 487 g/mol. The van der Waals surface area contributed by atoms with Crippen molar-refractivity contribution in [3.05, 3.63) is 106 Å². The minimum atomic E-state index is -0.175. The van der Waals surface area contributed by atoms with Gasteiger partial charge in [-0.05, 0) is 54.3 Å². The van der Waals surface area contributed by atoms with Crippen LogP contribution >= 0.6 is 0 Å². The highest BCUT2D eigenvalue weighted by atomic mass is 19.1. The highest BCUT2D eigenvalue weighted by Gasteiger charge is 2.16. The van der Waals surface area contributed by atoms with Gasteiger partial charge in [0.2, 0.25) is 0 Å². The second kappa shape index (κ2) is 11.1. The van der Waals surface area contributed by atoms with Crippen LogP contribution in [0.15, 0.2) is 71.3 Å². The maximum absolute atomic E-state index is 14.3. The maximum atomic E-state index is 14.3. The Morgan fingerprint density at radius 1 is 0.917 bits per heavy atom. The smallest absolute Gasteiger partial charge is 0.141 e. The molecule has 0 saturated carbocycles. The fourth-order valence-corrected chi connectivity index (χ4v) is 4.81. The number of hydrogen-bond acceptors (Lipinski definition) is 5. The van der Waals surface area contributed by atoms with Crippen LogP contribution < -0.4 is 4.74 Å². The van der Waals surface area contributed by atoms with Crippen LogP contribution in [0.5, 0.6) is 5.75 Å². The summed E-state index contributed by atoms with van der Waals surface area (Å²) < 4.78 is 31.8. The third kappa shape index (κ3) is 5.66. The van der Waals surface area contributed by atoms with Gasteiger partial charge in [0.15, 0.2) is 0 Å². The van der Waals surface area contributed by atoms with Crippen molar-refractivity contribution in [1.29, 1.82) is 0 Å². The quantitative estimate of drug-likeness (QED) is 0.350. The number of ether oxygens (including phenoxy) is 2. The summed E-state index contributed by atoms with van der Waals surface area (Å²) in [6.07, 6.45) is 0.731. The number of aromatic nitrogens is 1. The number of hydrogen-bond donors (Lipinski definition) is 0. The summed E-state index contributed by atoms with van der Waals surface area (Å²) >= 11 is 0. The van der Waals surface area contributed by atoms with Gasteiger partial charge in [0, 0.05) is 37.2 Å². The first-order valence-corrected chi connectivity index (χ1v) is 12.4. The number of fused-ring (bicyclic) bond motifs is 3. The lowest BCUT2D eigenvalue weighted by Gasteiger charge is -2.24. The Kier molecular flexibility index (Phi) is 7.44. The zero-order valence-electron chi connectivity index (χ0n) is 20.8. The van der Waals surface area contributed by atoms with Crippen molar-refractivity contribution >= 4 is 0 Å². The van der Waals surface area contributed by atoms with E-state index >= 15 is 0 Å². The fraction of sp³-hybridized carbons (Fsp3) is 0.300. The van der Waals surface area contributed by atoms with Gasteiger partial charge in [-0.2, -0.15) is 0 Å². The fourth-order valence-electron chi connectivity index (χ4n) is 4.81. The molecule has 5 rings (SSSR count). The summed E-state index contributed by atoms with van der Waals surface area (Å²) in [7, 11) is 0. The van der Waals surface area contributed by atoms with Crippen molar-refractivity contribution in [1.82, 2.24) is 10.1 Å². The summed E-state index contributed by atoms with van der Waals surface area (Å²) in [6, 6.07) is 21.8. The van der Waals surface area contributed by atoms with Crippen LogP contribution in [0.1, 0.15) is 33.7 Å². The Labute approximate surface area is 211 Å². The average Bonchev–Trinajstić information content (AvgIpc) is 3.20. The van der Waals surface area contributed by atoms with Crippen molar-refractivity contribution in [3.63, 3.8) is 0 Å². The zero-order valence-corrected chi connectivity index (χ0v) is 20.8. The summed E-state index contributed by atoms with van der Waals surface area (Å²) in [6.45, 7) is 7.35. The Morgan fingerprint density at radius 3 is 2.61 bits per heavy atom. The second-order valence-corrected chi connectivity index (χ2v) is 9.28. The third-order valence-electron chi connectivity index (χ3n) is 6.56. The summed E-state index contributed by atoms with van der Waals surface area (Å²) in [5.74, 6) is 1.49. The van der Waals surface area contributed by atoms with Crippen molar-refractivity contribution in [3.8, 4) is 16.9 Å². The Balaban J connectivity index is 1.44. The van der Waals surface area contributed by atoms with E-state index in [4.69, 9.17) is 14.0 Å². The minimum Gasteiger partial charge on any atom is -0.491 e. The van der Waals surface area contributed by atoms with Crippen molar-refractivity contribution in [2.75, 3.05) is 26.4 Å².